The van der Waals surface area contributed by atoms with Crippen molar-refractivity contribution in [2.75, 3.05) is 18.4 Å². The van der Waals surface area contributed by atoms with Gasteiger partial charge in [-0.15, -0.1) is 11.3 Å². The summed E-state index contributed by atoms with van der Waals surface area (Å²) in [4.78, 5) is 16.3. The van der Waals surface area contributed by atoms with E-state index in [1.165, 1.54) is 10.4 Å². The lowest BCUT2D eigenvalue weighted by molar-refractivity contribution is 0.0934. The lowest BCUT2D eigenvalue weighted by atomic mass is 10.0. The molecule has 3 heterocycles. The molecule has 0 fully saturated rings. The van der Waals surface area contributed by atoms with E-state index in [1.807, 2.05) is 6.07 Å². The lowest BCUT2D eigenvalue weighted by Crippen LogP contribution is -2.38. The molecule has 4 rings (SSSR count). The second-order valence-electron chi connectivity index (χ2n) is 5.97. The maximum Gasteiger partial charge on any atom is 0.256 e. The number of phenols is 1. The molecule has 6 heteroatoms. The summed E-state index contributed by atoms with van der Waals surface area (Å²) < 4.78 is 0. The molecular weight excluding hydrogens is 310 g/mol. The normalized spacial score (nSPS) is 20.4. The molecule has 2 aromatic rings. The Hall–Kier alpha value is -2.05. The van der Waals surface area contributed by atoms with E-state index in [1.54, 1.807) is 29.5 Å². The Balaban J connectivity index is 1.68. The fourth-order valence-corrected chi connectivity index (χ4v) is 4.63. The van der Waals surface area contributed by atoms with Gasteiger partial charge >= 0.3 is 0 Å². The van der Waals surface area contributed by atoms with Crippen molar-refractivity contribution in [2.24, 2.45) is 0 Å². The monoisotopic (exact) mass is 329 g/mol. The van der Waals surface area contributed by atoms with E-state index in [0.29, 0.717) is 0 Å². The zero-order valence-electron chi connectivity index (χ0n) is 12.9. The number of amides is 1. The Morgan fingerprint density at radius 2 is 2.26 bits per heavy atom. The molecule has 120 valence electrons. The average molecular weight is 329 g/mol. The lowest BCUT2D eigenvalue weighted by Gasteiger charge is -2.28. The van der Waals surface area contributed by atoms with Crippen LogP contribution < -0.4 is 10.6 Å². The third-order valence-corrected chi connectivity index (χ3v) is 5.71. The molecule has 2 aliphatic rings. The molecule has 2 aliphatic heterocycles. The molecule has 1 amide bonds. The van der Waals surface area contributed by atoms with E-state index in [4.69, 9.17) is 0 Å². The van der Waals surface area contributed by atoms with Gasteiger partial charge in [0.2, 0.25) is 0 Å². The molecule has 0 aliphatic carbocycles. The maximum atomic E-state index is 12.6. The van der Waals surface area contributed by atoms with Crippen molar-refractivity contribution < 1.29 is 9.90 Å². The number of fused-ring (bicyclic) bond motifs is 3. The number of anilines is 1. The summed E-state index contributed by atoms with van der Waals surface area (Å²) in [7, 11) is 0. The van der Waals surface area contributed by atoms with Crippen molar-refractivity contribution in [3.8, 4) is 5.75 Å². The standard InChI is InChI=1S/C17H19N3O2S/c1-2-20-7-6-12-13(9-20)23-17-14(12)16(22)18-15(19-17)10-4-3-5-11(21)8-10/h3-5,8,15,19,21H,2,6-7,9H2,1H3,(H,18,22)/t15-/m0/s1. The van der Waals surface area contributed by atoms with Crippen LogP contribution in [-0.2, 0) is 13.0 Å². The molecule has 23 heavy (non-hydrogen) atoms. The van der Waals surface area contributed by atoms with Crippen LogP contribution in [0.15, 0.2) is 24.3 Å². The molecule has 0 bridgehead atoms. The molecule has 0 unspecified atom stereocenters. The Kier molecular flexibility index (Phi) is 3.50. The minimum Gasteiger partial charge on any atom is -0.508 e. The third kappa shape index (κ3) is 2.48. The number of hydrogen-bond donors (Lipinski definition) is 3. The van der Waals surface area contributed by atoms with Crippen molar-refractivity contribution in [2.45, 2.75) is 26.1 Å². The zero-order valence-corrected chi connectivity index (χ0v) is 13.7. The van der Waals surface area contributed by atoms with Crippen molar-refractivity contribution in [1.82, 2.24) is 10.2 Å². The molecule has 0 saturated carbocycles. The van der Waals surface area contributed by atoms with E-state index >= 15 is 0 Å². The van der Waals surface area contributed by atoms with Crippen LogP contribution in [0, 0.1) is 0 Å². The minimum atomic E-state index is -0.301. The quantitative estimate of drug-likeness (QED) is 0.793. The number of likely N-dealkylation sites (N-methyl/N-ethyl adjacent to an activating group) is 1. The summed E-state index contributed by atoms with van der Waals surface area (Å²) in [6, 6.07) is 6.99. The van der Waals surface area contributed by atoms with Gasteiger partial charge in [0.15, 0.2) is 0 Å². The number of carbonyl (C=O) groups is 1. The van der Waals surface area contributed by atoms with Crippen LogP contribution in [0.1, 0.15) is 39.5 Å². The fraction of sp³-hybridized carbons (Fsp3) is 0.353. The predicted molar refractivity (Wildman–Crippen MR) is 90.9 cm³/mol. The van der Waals surface area contributed by atoms with Gasteiger partial charge in [-0.3, -0.25) is 9.69 Å². The first-order chi connectivity index (χ1) is 11.2. The second-order valence-corrected chi connectivity index (χ2v) is 7.08. The highest BCUT2D eigenvalue weighted by molar-refractivity contribution is 7.16. The molecule has 1 aromatic carbocycles. The molecule has 1 aromatic heterocycles. The molecule has 1 atom stereocenters. The summed E-state index contributed by atoms with van der Waals surface area (Å²) in [5, 5.41) is 17.0. The van der Waals surface area contributed by atoms with Gasteiger partial charge in [-0.2, -0.15) is 0 Å². The van der Waals surface area contributed by atoms with Gasteiger partial charge in [-0.1, -0.05) is 19.1 Å². The van der Waals surface area contributed by atoms with Crippen LogP contribution in [-0.4, -0.2) is 29.0 Å². The Morgan fingerprint density at radius 3 is 3.04 bits per heavy atom. The Labute approximate surface area is 138 Å². The highest BCUT2D eigenvalue weighted by atomic mass is 32.1. The largest absolute Gasteiger partial charge is 0.508 e. The maximum absolute atomic E-state index is 12.6. The molecule has 3 N–H and O–H groups in total. The van der Waals surface area contributed by atoms with Crippen LogP contribution in [0.25, 0.3) is 0 Å². The van der Waals surface area contributed by atoms with E-state index in [0.717, 1.165) is 42.2 Å². The number of hydrogen-bond acceptors (Lipinski definition) is 5. The van der Waals surface area contributed by atoms with Gasteiger partial charge in [0, 0.05) is 18.0 Å². The number of thiophene rings is 1. The predicted octanol–water partition coefficient (Wildman–Crippen LogP) is 2.69. The SMILES string of the molecule is CCN1CCc2c(sc3c2C(=O)N[C@H](c2cccc(O)c2)N3)C1. The highest BCUT2D eigenvalue weighted by Gasteiger charge is 2.33. The van der Waals surface area contributed by atoms with E-state index in [9.17, 15) is 9.90 Å². The number of nitrogens with zero attached hydrogens (tertiary/aromatic N) is 1. The van der Waals surface area contributed by atoms with Crippen molar-refractivity contribution in [1.29, 1.82) is 0 Å². The summed E-state index contributed by atoms with van der Waals surface area (Å²) in [5.74, 6) is 0.183. The summed E-state index contributed by atoms with van der Waals surface area (Å²) in [6.45, 7) is 5.14. The van der Waals surface area contributed by atoms with Crippen molar-refractivity contribution in [3.05, 3.63) is 45.8 Å². The fourth-order valence-electron chi connectivity index (χ4n) is 3.31. The van der Waals surface area contributed by atoms with Crippen LogP contribution in [0.2, 0.25) is 0 Å². The highest BCUT2D eigenvalue weighted by Crippen LogP contribution is 2.40. The molecule has 0 saturated heterocycles. The van der Waals surface area contributed by atoms with Gasteiger partial charge in [0.25, 0.3) is 5.91 Å². The average Bonchev–Trinajstić information content (AvgIpc) is 2.92. The van der Waals surface area contributed by atoms with Crippen LogP contribution in [0.5, 0.6) is 5.75 Å². The summed E-state index contributed by atoms with van der Waals surface area (Å²) in [6.07, 6.45) is 0.630. The van der Waals surface area contributed by atoms with Gasteiger partial charge < -0.3 is 15.7 Å². The number of nitrogens with one attached hydrogen (secondary N) is 2. The van der Waals surface area contributed by atoms with E-state index in [-0.39, 0.29) is 17.8 Å². The van der Waals surface area contributed by atoms with Gasteiger partial charge in [-0.25, -0.2) is 0 Å². The molecule has 0 spiro atoms. The second kappa shape index (κ2) is 5.54. The number of carbonyl (C=O) groups excluding carboxylic acids is 1. The van der Waals surface area contributed by atoms with Crippen LogP contribution in [0.3, 0.4) is 0 Å². The first-order valence-corrected chi connectivity index (χ1v) is 8.70. The Bertz CT molecular complexity index is 771. The number of rotatable bonds is 2. The summed E-state index contributed by atoms with van der Waals surface area (Å²) >= 11 is 1.69. The van der Waals surface area contributed by atoms with E-state index in [2.05, 4.69) is 22.5 Å². The number of benzene rings is 1. The van der Waals surface area contributed by atoms with Crippen molar-refractivity contribution >= 4 is 22.2 Å². The summed E-state index contributed by atoms with van der Waals surface area (Å²) in [5.41, 5.74) is 2.87. The number of aromatic hydroxyl groups is 1. The molecule has 5 nitrogen and oxygen atoms in total. The van der Waals surface area contributed by atoms with Crippen molar-refractivity contribution in [3.63, 3.8) is 0 Å². The zero-order chi connectivity index (χ0) is 16.0. The first-order valence-electron chi connectivity index (χ1n) is 7.89. The van der Waals surface area contributed by atoms with E-state index < -0.39 is 0 Å². The van der Waals surface area contributed by atoms with Gasteiger partial charge in [-0.05, 0) is 36.2 Å². The first kappa shape index (κ1) is 14.5. The van der Waals surface area contributed by atoms with Gasteiger partial charge in [0.1, 0.15) is 16.9 Å². The Morgan fingerprint density at radius 1 is 1.39 bits per heavy atom. The molecule has 0 radical (unpaired) electrons. The third-order valence-electron chi connectivity index (χ3n) is 4.56. The minimum absolute atomic E-state index is 0.0189. The smallest absolute Gasteiger partial charge is 0.256 e. The van der Waals surface area contributed by atoms with Gasteiger partial charge in [0.05, 0.1) is 5.56 Å². The topological polar surface area (TPSA) is 64.6 Å². The van der Waals surface area contributed by atoms with Crippen LogP contribution >= 0.6 is 11.3 Å². The number of phenolic OH excluding ortho intramolecular Hbond substituents is 1. The molecular formula is C17H19N3O2S. The van der Waals surface area contributed by atoms with Crippen LogP contribution in [0.4, 0.5) is 5.00 Å².